The lowest BCUT2D eigenvalue weighted by Crippen LogP contribution is -2.21. The van der Waals surface area contributed by atoms with Gasteiger partial charge in [0.2, 0.25) is 0 Å². The quantitative estimate of drug-likeness (QED) is 0.520. The summed E-state index contributed by atoms with van der Waals surface area (Å²) in [6.07, 6.45) is 0. The summed E-state index contributed by atoms with van der Waals surface area (Å²) in [4.78, 5) is 24.5. The highest BCUT2D eigenvalue weighted by Gasteiger charge is 2.15. The highest BCUT2D eigenvalue weighted by molar-refractivity contribution is 6.35. The Kier molecular flexibility index (Phi) is 6.53. The topological polar surface area (TPSA) is 67.4 Å². The van der Waals surface area contributed by atoms with E-state index in [1.807, 2.05) is 30.3 Å². The Morgan fingerprint density at radius 2 is 1.57 bits per heavy atom. The fourth-order valence-electron chi connectivity index (χ4n) is 2.44. The molecule has 0 aromatic heterocycles. The molecule has 0 fully saturated rings. The van der Waals surface area contributed by atoms with Crippen LogP contribution in [0.1, 0.15) is 10.4 Å². The third-order valence-corrected chi connectivity index (χ3v) is 4.30. The van der Waals surface area contributed by atoms with Crippen molar-refractivity contribution in [3.05, 3.63) is 88.4 Å². The van der Waals surface area contributed by atoms with Gasteiger partial charge in [-0.15, -0.1) is 0 Å². The zero-order valence-corrected chi connectivity index (χ0v) is 16.1. The second-order valence-electron chi connectivity index (χ2n) is 5.79. The number of halogens is 2. The van der Waals surface area contributed by atoms with Gasteiger partial charge in [0.1, 0.15) is 0 Å². The van der Waals surface area contributed by atoms with Crippen molar-refractivity contribution >= 4 is 52.1 Å². The molecule has 5 nitrogen and oxygen atoms in total. The third-order valence-electron chi connectivity index (χ3n) is 3.74. The Hall–Kier alpha value is -3.02. The van der Waals surface area contributed by atoms with Gasteiger partial charge in [0.05, 0.1) is 22.0 Å². The smallest absolute Gasteiger partial charge is 0.340 e. The Labute approximate surface area is 172 Å². The Balaban J connectivity index is 1.63. The van der Waals surface area contributed by atoms with E-state index in [-0.39, 0.29) is 0 Å². The zero-order chi connectivity index (χ0) is 19.9. The van der Waals surface area contributed by atoms with Crippen LogP contribution in [0.4, 0.5) is 17.1 Å². The molecule has 142 valence electrons. The molecule has 0 aliphatic heterocycles. The highest BCUT2D eigenvalue weighted by atomic mass is 35.5. The van der Waals surface area contributed by atoms with Crippen LogP contribution >= 0.6 is 23.2 Å². The molecular weight excluding hydrogens is 399 g/mol. The second kappa shape index (κ2) is 9.26. The standard InChI is InChI=1S/C21H16Cl2N2O3/c22-14-10-11-17(23)19(12-14)25-20(26)13-28-21(27)16-8-4-5-9-18(16)24-15-6-2-1-3-7-15/h1-12,24H,13H2,(H,25,26). The molecule has 28 heavy (non-hydrogen) atoms. The predicted molar refractivity (Wildman–Crippen MR) is 112 cm³/mol. The number of hydrogen-bond acceptors (Lipinski definition) is 4. The van der Waals surface area contributed by atoms with Gasteiger partial charge in [-0.3, -0.25) is 4.79 Å². The largest absolute Gasteiger partial charge is 0.452 e. The Bertz CT molecular complexity index is 994. The van der Waals surface area contributed by atoms with Crippen molar-refractivity contribution in [2.75, 3.05) is 17.2 Å². The molecule has 0 heterocycles. The second-order valence-corrected chi connectivity index (χ2v) is 6.63. The van der Waals surface area contributed by atoms with Gasteiger partial charge in [-0.05, 0) is 42.5 Å². The van der Waals surface area contributed by atoms with Crippen LogP contribution in [-0.2, 0) is 9.53 Å². The molecule has 0 aliphatic rings. The molecule has 3 aromatic rings. The predicted octanol–water partition coefficient (Wildman–Crippen LogP) is 5.53. The van der Waals surface area contributed by atoms with Crippen LogP contribution in [0.3, 0.4) is 0 Å². The van der Waals surface area contributed by atoms with E-state index in [9.17, 15) is 9.59 Å². The summed E-state index contributed by atoms with van der Waals surface area (Å²) in [7, 11) is 0. The maximum atomic E-state index is 12.4. The number of benzene rings is 3. The first-order valence-electron chi connectivity index (χ1n) is 8.36. The minimum absolute atomic E-state index is 0.319. The molecule has 0 bridgehead atoms. The van der Waals surface area contributed by atoms with Crippen molar-refractivity contribution < 1.29 is 14.3 Å². The minimum atomic E-state index is -0.619. The lowest BCUT2D eigenvalue weighted by molar-refractivity contribution is -0.119. The molecule has 3 aromatic carbocycles. The van der Waals surface area contributed by atoms with Gasteiger partial charge >= 0.3 is 5.97 Å². The van der Waals surface area contributed by atoms with Gasteiger partial charge in [-0.1, -0.05) is 53.5 Å². The van der Waals surface area contributed by atoms with E-state index in [1.54, 1.807) is 36.4 Å². The number of ether oxygens (including phenoxy) is 1. The van der Waals surface area contributed by atoms with Crippen LogP contribution in [0.2, 0.25) is 10.0 Å². The van der Waals surface area contributed by atoms with Gasteiger partial charge < -0.3 is 15.4 Å². The summed E-state index contributed by atoms with van der Waals surface area (Å²) < 4.78 is 5.14. The molecule has 3 rings (SSSR count). The van der Waals surface area contributed by atoms with Crippen LogP contribution in [0, 0.1) is 0 Å². The number of anilines is 3. The fraction of sp³-hybridized carbons (Fsp3) is 0.0476. The SMILES string of the molecule is O=C(COC(=O)c1ccccc1Nc1ccccc1)Nc1cc(Cl)ccc1Cl. The number of carbonyl (C=O) groups excluding carboxylic acids is 2. The van der Waals surface area contributed by atoms with E-state index in [2.05, 4.69) is 10.6 Å². The van der Waals surface area contributed by atoms with Crippen molar-refractivity contribution in [3.63, 3.8) is 0 Å². The molecule has 0 radical (unpaired) electrons. The van der Waals surface area contributed by atoms with Gasteiger partial charge in [0.15, 0.2) is 6.61 Å². The summed E-state index contributed by atoms with van der Waals surface area (Å²) >= 11 is 11.9. The van der Waals surface area contributed by atoms with Crippen molar-refractivity contribution in [2.24, 2.45) is 0 Å². The monoisotopic (exact) mass is 414 g/mol. The summed E-state index contributed by atoms with van der Waals surface area (Å²) in [6, 6.07) is 21.0. The molecule has 2 N–H and O–H groups in total. The van der Waals surface area contributed by atoms with E-state index >= 15 is 0 Å². The van der Waals surface area contributed by atoms with Crippen molar-refractivity contribution in [2.45, 2.75) is 0 Å². The summed E-state index contributed by atoms with van der Waals surface area (Å²) in [5.41, 5.74) is 2.08. The summed E-state index contributed by atoms with van der Waals surface area (Å²) in [5, 5.41) is 6.49. The molecule has 0 unspecified atom stereocenters. The molecule has 0 saturated carbocycles. The van der Waals surface area contributed by atoms with Gasteiger partial charge in [0, 0.05) is 10.7 Å². The van der Waals surface area contributed by atoms with E-state index in [0.717, 1.165) is 5.69 Å². The lowest BCUT2D eigenvalue weighted by atomic mass is 10.1. The lowest BCUT2D eigenvalue weighted by Gasteiger charge is -2.12. The number of rotatable bonds is 6. The van der Waals surface area contributed by atoms with Crippen molar-refractivity contribution in [1.82, 2.24) is 0 Å². The Morgan fingerprint density at radius 3 is 2.36 bits per heavy atom. The third kappa shape index (κ3) is 5.25. The van der Waals surface area contributed by atoms with Gasteiger partial charge in [-0.2, -0.15) is 0 Å². The number of hydrogen-bond donors (Lipinski definition) is 2. The summed E-state index contributed by atoms with van der Waals surface area (Å²) in [5.74, 6) is -1.14. The van der Waals surface area contributed by atoms with Gasteiger partial charge in [0.25, 0.3) is 5.91 Å². The van der Waals surface area contributed by atoms with Crippen LogP contribution in [-0.4, -0.2) is 18.5 Å². The molecule has 0 aliphatic carbocycles. The number of amides is 1. The average Bonchev–Trinajstić information content (AvgIpc) is 2.70. The molecule has 0 saturated heterocycles. The van der Waals surface area contributed by atoms with E-state index in [0.29, 0.717) is 27.0 Å². The van der Waals surface area contributed by atoms with Crippen LogP contribution in [0.5, 0.6) is 0 Å². The first-order chi connectivity index (χ1) is 13.5. The van der Waals surface area contributed by atoms with Crippen LogP contribution < -0.4 is 10.6 Å². The Morgan fingerprint density at radius 1 is 0.857 bits per heavy atom. The minimum Gasteiger partial charge on any atom is -0.452 e. The number of carbonyl (C=O) groups is 2. The van der Waals surface area contributed by atoms with E-state index < -0.39 is 18.5 Å². The molecule has 7 heteroatoms. The van der Waals surface area contributed by atoms with E-state index in [4.69, 9.17) is 27.9 Å². The van der Waals surface area contributed by atoms with Crippen molar-refractivity contribution in [3.8, 4) is 0 Å². The highest BCUT2D eigenvalue weighted by Crippen LogP contribution is 2.25. The number of para-hydroxylation sites is 2. The van der Waals surface area contributed by atoms with E-state index in [1.165, 1.54) is 6.07 Å². The van der Waals surface area contributed by atoms with Gasteiger partial charge in [-0.25, -0.2) is 4.79 Å². The number of esters is 1. The first kappa shape index (κ1) is 19.7. The average molecular weight is 415 g/mol. The maximum absolute atomic E-state index is 12.4. The molecular formula is C21H16Cl2N2O3. The normalized spacial score (nSPS) is 10.2. The zero-order valence-electron chi connectivity index (χ0n) is 14.6. The fourth-order valence-corrected chi connectivity index (χ4v) is 2.77. The maximum Gasteiger partial charge on any atom is 0.340 e. The summed E-state index contributed by atoms with van der Waals surface area (Å²) in [6.45, 7) is -0.457. The van der Waals surface area contributed by atoms with Crippen molar-refractivity contribution in [1.29, 1.82) is 0 Å². The molecule has 0 spiro atoms. The van der Waals surface area contributed by atoms with Crippen LogP contribution in [0.15, 0.2) is 72.8 Å². The molecule has 0 atom stereocenters. The first-order valence-corrected chi connectivity index (χ1v) is 9.11. The number of nitrogens with one attached hydrogen (secondary N) is 2. The molecule has 1 amide bonds. The van der Waals surface area contributed by atoms with Crippen LogP contribution in [0.25, 0.3) is 0 Å².